The van der Waals surface area contributed by atoms with Crippen molar-refractivity contribution in [3.63, 3.8) is 0 Å². The molecule has 0 radical (unpaired) electrons. The van der Waals surface area contributed by atoms with Gasteiger partial charge < -0.3 is 10.1 Å². The Morgan fingerprint density at radius 3 is 2.68 bits per heavy atom. The summed E-state index contributed by atoms with van der Waals surface area (Å²) in [6, 6.07) is 12.3. The predicted molar refractivity (Wildman–Crippen MR) is 127 cm³/mol. The van der Waals surface area contributed by atoms with E-state index >= 15 is 0 Å². The van der Waals surface area contributed by atoms with Crippen molar-refractivity contribution in [3.8, 4) is 0 Å². The molecule has 170 valence electrons. The number of hydrogen-bond acceptors (Lipinski definition) is 2. The summed E-state index contributed by atoms with van der Waals surface area (Å²) < 4.78 is 6.20. The summed E-state index contributed by atoms with van der Waals surface area (Å²) >= 11 is 0. The van der Waals surface area contributed by atoms with Crippen molar-refractivity contribution in [2.75, 3.05) is 6.61 Å². The predicted octanol–water partition coefficient (Wildman–Crippen LogP) is 6.59. The first-order chi connectivity index (χ1) is 15.0. The third-order valence-corrected chi connectivity index (χ3v) is 11.5. The van der Waals surface area contributed by atoms with E-state index in [0.717, 1.165) is 49.0 Å². The van der Waals surface area contributed by atoms with E-state index in [1.807, 2.05) is 0 Å². The second-order valence-electron chi connectivity index (χ2n) is 12.5. The Balaban J connectivity index is 1.27. The van der Waals surface area contributed by atoms with E-state index in [4.69, 9.17) is 4.74 Å². The Morgan fingerprint density at radius 1 is 1.03 bits per heavy atom. The van der Waals surface area contributed by atoms with Gasteiger partial charge in [0.15, 0.2) is 0 Å². The number of piperidine rings is 2. The van der Waals surface area contributed by atoms with Gasteiger partial charge in [-0.1, -0.05) is 57.5 Å². The highest BCUT2D eigenvalue weighted by atomic mass is 16.5. The van der Waals surface area contributed by atoms with Crippen molar-refractivity contribution in [1.82, 2.24) is 5.32 Å². The van der Waals surface area contributed by atoms with Crippen molar-refractivity contribution in [2.24, 2.45) is 39.9 Å². The summed E-state index contributed by atoms with van der Waals surface area (Å²) in [4.78, 5) is 0. The molecule has 1 aromatic carbocycles. The summed E-state index contributed by atoms with van der Waals surface area (Å²) in [6.07, 6.45) is 13.0. The van der Waals surface area contributed by atoms with Crippen LogP contribution in [-0.4, -0.2) is 18.7 Å². The number of benzene rings is 1. The lowest BCUT2D eigenvalue weighted by molar-refractivity contribution is -0.247. The number of ether oxygens (including phenoxy) is 1. The quantitative estimate of drug-likeness (QED) is 0.501. The molecule has 4 saturated carbocycles. The van der Waals surface area contributed by atoms with Gasteiger partial charge in [0.25, 0.3) is 0 Å². The highest BCUT2D eigenvalue weighted by Gasteiger charge is 2.79. The summed E-state index contributed by atoms with van der Waals surface area (Å²) in [5.74, 6) is 3.55. The second-order valence-corrected chi connectivity index (χ2v) is 12.5. The fourth-order valence-corrected chi connectivity index (χ4v) is 10.4. The maximum Gasteiger partial charge on any atom is 0.0716 e. The van der Waals surface area contributed by atoms with Crippen LogP contribution in [-0.2, 0) is 11.3 Å². The van der Waals surface area contributed by atoms with Crippen LogP contribution in [0, 0.1) is 39.9 Å². The summed E-state index contributed by atoms with van der Waals surface area (Å²) in [5, 5.41) is 4.43. The van der Waals surface area contributed by atoms with Crippen LogP contribution in [0.5, 0.6) is 0 Å². The van der Waals surface area contributed by atoms with Crippen LogP contribution in [0.3, 0.4) is 0 Å². The van der Waals surface area contributed by atoms with Gasteiger partial charge in [0.1, 0.15) is 0 Å². The van der Waals surface area contributed by atoms with Crippen LogP contribution < -0.4 is 5.32 Å². The van der Waals surface area contributed by atoms with Crippen LogP contribution >= 0.6 is 0 Å². The zero-order valence-electron chi connectivity index (χ0n) is 20.0. The topological polar surface area (TPSA) is 21.3 Å². The normalized spacial score (nSPS) is 47.2. The van der Waals surface area contributed by atoms with E-state index in [0.29, 0.717) is 16.2 Å². The second kappa shape index (κ2) is 7.32. The zero-order chi connectivity index (χ0) is 21.3. The number of rotatable bonds is 7. The van der Waals surface area contributed by atoms with Crippen molar-refractivity contribution < 1.29 is 4.74 Å². The molecule has 1 spiro atoms. The minimum atomic E-state index is 0.503. The van der Waals surface area contributed by atoms with Gasteiger partial charge >= 0.3 is 0 Å². The highest BCUT2D eigenvalue weighted by molar-refractivity contribution is 5.31. The molecular formula is C29H43NO. The van der Waals surface area contributed by atoms with Crippen LogP contribution in [0.2, 0.25) is 0 Å². The minimum Gasteiger partial charge on any atom is -0.377 e. The molecule has 8 atom stereocenters. The Morgan fingerprint density at radius 2 is 1.87 bits per heavy atom. The molecule has 0 aromatic heterocycles. The molecule has 7 unspecified atom stereocenters. The van der Waals surface area contributed by atoms with E-state index in [1.165, 1.54) is 63.4 Å². The van der Waals surface area contributed by atoms with Crippen LogP contribution in [0.15, 0.2) is 30.3 Å². The van der Waals surface area contributed by atoms with Gasteiger partial charge in [-0.15, -0.1) is 0 Å². The Kier molecular flexibility index (Phi) is 4.89. The van der Waals surface area contributed by atoms with Gasteiger partial charge in [0.2, 0.25) is 0 Å². The van der Waals surface area contributed by atoms with E-state index in [9.17, 15) is 0 Å². The van der Waals surface area contributed by atoms with Gasteiger partial charge in [0.05, 0.1) is 6.61 Å². The molecule has 0 amide bonds. The lowest BCUT2D eigenvalue weighted by Crippen LogP contribution is -2.80. The zero-order valence-corrected chi connectivity index (χ0v) is 20.0. The average Bonchev–Trinajstić information content (AvgIpc) is 3.35. The monoisotopic (exact) mass is 421 g/mol. The number of nitrogens with one attached hydrogen (secondary N) is 1. The molecule has 2 heteroatoms. The molecule has 7 rings (SSSR count). The molecule has 2 heterocycles. The average molecular weight is 422 g/mol. The first-order valence-electron chi connectivity index (χ1n) is 13.4. The third-order valence-electron chi connectivity index (χ3n) is 11.5. The fourth-order valence-electron chi connectivity index (χ4n) is 10.4. The van der Waals surface area contributed by atoms with Crippen molar-refractivity contribution in [3.05, 3.63) is 35.9 Å². The van der Waals surface area contributed by atoms with E-state index in [1.54, 1.807) is 0 Å². The molecule has 2 nitrogen and oxygen atoms in total. The lowest BCUT2D eigenvalue weighted by Gasteiger charge is -2.76. The van der Waals surface area contributed by atoms with Gasteiger partial charge in [-0.3, -0.25) is 0 Å². The van der Waals surface area contributed by atoms with Crippen molar-refractivity contribution >= 4 is 0 Å². The standard InChI is InChI=1S/C29H43NO/c1-20(2)22-12-16-27(3)23-13-17-28-14-7-11-24(28)29(27,25(22)30-26(23)28)15-8-18-31-19-21-9-5-4-6-10-21/h4-6,9-10,20,22-26,30H,7-8,11-19H2,1-3H3/t22?,23?,24?,25?,26?,27?,28-,29?/m1/s1. The highest BCUT2D eigenvalue weighted by Crippen LogP contribution is 2.80. The summed E-state index contributed by atoms with van der Waals surface area (Å²) in [5.41, 5.74) is 3.00. The maximum atomic E-state index is 6.20. The summed E-state index contributed by atoms with van der Waals surface area (Å²) in [7, 11) is 0. The molecule has 6 aliphatic rings. The smallest absolute Gasteiger partial charge is 0.0716 e. The van der Waals surface area contributed by atoms with Crippen molar-refractivity contribution in [2.45, 2.75) is 97.2 Å². The Hall–Kier alpha value is -0.860. The number of hydrogen-bond donors (Lipinski definition) is 1. The Bertz CT molecular complexity index is 806. The van der Waals surface area contributed by atoms with E-state index in [2.05, 4.69) is 56.4 Å². The SMILES string of the molecule is CC(C)C1CCC2(C)C3CC[C@]45CCCC4C2(CCCOCc2ccccc2)C1NC35. The van der Waals surface area contributed by atoms with Crippen LogP contribution in [0.4, 0.5) is 0 Å². The fraction of sp³-hybridized carbons (Fsp3) is 0.793. The third kappa shape index (κ3) is 2.64. The lowest BCUT2D eigenvalue weighted by atomic mass is 9.33. The minimum absolute atomic E-state index is 0.503. The van der Waals surface area contributed by atoms with Crippen molar-refractivity contribution in [1.29, 1.82) is 0 Å². The van der Waals surface area contributed by atoms with Gasteiger partial charge in [-0.05, 0) is 96.8 Å². The van der Waals surface area contributed by atoms with Crippen LogP contribution in [0.1, 0.15) is 84.1 Å². The first kappa shape index (κ1) is 20.7. The molecule has 6 bridgehead atoms. The molecule has 4 aliphatic carbocycles. The van der Waals surface area contributed by atoms with Gasteiger partial charge in [-0.2, -0.15) is 0 Å². The molecule has 31 heavy (non-hydrogen) atoms. The molecule has 6 fully saturated rings. The molecule has 2 aliphatic heterocycles. The molecule has 1 N–H and O–H groups in total. The maximum absolute atomic E-state index is 6.20. The summed E-state index contributed by atoms with van der Waals surface area (Å²) in [6.45, 7) is 9.42. The largest absolute Gasteiger partial charge is 0.377 e. The van der Waals surface area contributed by atoms with Gasteiger partial charge in [0, 0.05) is 18.7 Å². The molecule has 1 aromatic rings. The van der Waals surface area contributed by atoms with Crippen LogP contribution in [0.25, 0.3) is 0 Å². The molecule has 2 saturated heterocycles. The molecular weight excluding hydrogens is 378 g/mol. The Labute approximate surface area is 189 Å². The first-order valence-corrected chi connectivity index (χ1v) is 13.4. The van der Waals surface area contributed by atoms with E-state index < -0.39 is 0 Å². The van der Waals surface area contributed by atoms with E-state index in [-0.39, 0.29) is 0 Å². The van der Waals surface area contributed by atoms with Gasteiger partial charge in [-0.25, -0.2) is 0 Å².